The van der Waals surface area contributed by atoms with Crippen molar-refractivity contribution >= 4 is 5.91 Å². The molecular formula is C16H21N3O. The third-order valence-corrected chi connectivity index (χ3v) is 3.46. The summed E-state index contributed by atoms with van der Waals surface area (Å²) in [6.07, 6.45) is 2.15. The van der Waals surface area contributed by atoms with E-state index >= 15 is 0 Å². The van der Waals surface area contributed by atoms with Gasteiger partial charge in [-0.2, -0.15) is 5.10 Å². The summed E-state index contributed by atoms with van der Waals surface area (Å²) >= 11 is 0. The second kappa shape index (κ2) is 6.89. The predicted octanol–water partition coefficient (Wildman–Crippen LogP) is 2.32. The summed E-state index contributed by atoms with van der Waals surface area (Å²) in [5.74, 6) is 0.104. The third-order valence-electron chi connectivity index (χ3n) is 3.46. The van der Waals surface area contributed by atoms with Crippen LogP contribution < -0.4 is 5.32 Å². The molecule has 20 heavy (non-hydrogen) atoms. The fourth-order valence-electron chi connectivity index (χ4n) is 2.26. The van der Waals surface area contributed by atoms with E-state index < -0.39 is 0 Å². The van der Waals surface area contributed by atoms with Gasteiger partial charge in [-0.15, -0.1) is 0 Å². The van der Waals surface area contributed by atoms with Crippen LogP contribution in [-0.4, -0.2) is 22.6 Å². The van der Waals surface area contributed by atoms with Crippen LogP contribution in [0.3, 0.4) is 0 Å². The van der Waals surface area contributed by atoms with Gasteiger partial charge < -0.3 is 5.32 Å². The Morgan fingerprint density at radius 1 is 1.20 bits per heavy atom. The second-order valence-electron chi connectivity index (χ2n) is 5.00. The molecule has 4 heteroatoms. The number of aromatic amines is 1. The second-order valence-corrected chi connectivity index (χ2v) is 5.00. The Bertz CT molecular complexity index is 541. The molecule has 2 N–H and O–H groups in total. The van der Waals surface area contributed by atoms with Gasteiger partial charge in [0.2, 0.25) is 5.91 Å². The van der Waals surface area contributed by atoms with Crippen LogP contribution in [0.1, 0.15) is 28.9 Å². The maximum Gasteiger partial charge on any atom is 0.220 e. The summed E-state index contributed by atoms with van der Waals surface area (Å²) < 4.78 is 0. The number of amides is 1. The Hall–Kier alpha value is -2.10. The number of carbonyl (C=O) groups excluding carboxylic acids is 1. The molecule has 1 aromatic carbocycles. The molecule has 0 atom stereocenters. The van der Waals surface area contributed by atoms with Crippen LogP contribution in [0, 0.1) is 13.8 Å². The molecule has 0 aliphatic rings. The molecule has 2 aromatic rings. The van der Waals surface area contributed by atoms with E-state index in [0.29, 0.717) is 13.0 Å². The quantitative estimate of drug-likeness (QED) is 0.847. The van der Waals surface area contributed by atoms with Gasteiger partial charge in [-0.3, -0.25) is 9.89 Å². The number of aromatic nitrogens is 2. The fraction of sp³-hybridized carbons (Fsp3) is 0.375. The average Bonchev–Trinajstić information content (AvgIpc) is 2.78. The van der Waals surface area contributed by atoms with Gasteiger partial charge in [0.15, 0.2) is 0 Å². The Kier molecular flexibility index (Phi) is 4.93. The van der Waals surface area contributed by atoms with Gasteiger partial charge in [0.1, 0.15) is 0 Å². The van der Waals surface area contributed by atoms with Crippen LogP contribution >= 0.6 is 0 Å². The van der Waals surface area contributed by atoms with Crippen LogP contribution in [0.15, 0.2) is 30.3 Å². The van der Waals surface area contributed by atoms with Crippen LogP contribution in [0.25, 0.3) is 0 Å². The molecule has 4 nitrogen and oxygen atoms in total. The van der Waals surface area contributed by atoms with Crippen LogP contribution in [0.5, 0.6) is 0 Å². The molecule has 2 rings (SSSR count). The number of hydrogen-bond donors (Lipinski definition) is 2. The number of carbonyl (C=O) groups is 1. The third kappa shape index (κ3) is 3.95. The lowest BCUT2D eigenvalue weighted by molar-refractivity contribution is -0.121. The zero-order chi connectivity index (χ0) is 14.4. The zero-order valence-corrected chi connectivity index (χ0v) is 12.1. The Labute approximate surface area is 119 Å². The largest absolute Gasteiger partial charge is 0.356 e. The van der Waals surface area contributed by atoms with Gasteiger partial charge >= 0.3 is 0 Å². The number of nitrogens with one attached hydrogen (secondary N) is 2. The summed E-state index contributed by atoms with van der Waals surface area (Å²) in [7, 11) is 0. The normalized spacial score (nSPS) is 10.5. The molecule has 0 unspecified atom stereocenters. The van der Waals surface area contributed by atoms with Crippen molar-refractivity contribution in [3.8, 4) is 0 Å². The first-order valence-corrected chi connectivity index (χ1v) is 6.98. The highest BCUT2D eigenvalue weighted by atomic mass is 16.1. The molecule has 0 bridgehead atoms. The van der Waals surface area contributed by atoms with Crippen molar-refractivity contribution < 1.29 is 4.79 Å². The lowest BCUT2D eigenvalue weighted by Crippen LogP contribution is -2.26. The highest BCUT2D eigenvalue weighted by Crippen LogP contribution is 2.09. The maximum absolute atomic E-state index is 11.8. The molecule has 0 fully saturated rings. The molecular weight excluding hydrogens is 250 g/mol. The van der Waals surface area contributed by atoms with Gasteiger partial charge in [0.05, 0.1) is 5.69 Å². The maximum atomic E-state index is 11.8. The summed E-state index contributed by atoms with van der Waals surface area (Å²) in [6, 6.07) is 10.1. The van der Waals surface area contributed by atoms with E-state index in [0.717, 1.165) is 24.2 Å². The Balaban J connectivity index is 1.71. The minimum Gasteiger partial charge on any atom is -0.356 e. The summed E-state index contributed by atoms with van der Waals surface area (Å²) in [4.78, 5) is 11.8. The van der Waals surface area contributed by atoms with Gasteiger partial charge in [-0.25, -0.2) is 0 Å². The Morgan fingerprint density at radius 3 is 2.60 bits per heavy atom. The number of benzene rings is 1. The van der Waals surface area contributed by atoms with Gasteiger partial charge in [-0.05, 0) is 37.8 Å². The number of aryl methyl sites for hydroxylation is 3. The van der Waals surface area contributed by atoms with Crippen molar-refractivity contribution in [2.24, 2.45) is 0 Å². The predicted molar refractivity (Wildman–Crippen MR) is 79.5 cm³/mol. The van der Waals surface area contributed by atoms with Crippen LogP contribution in [0.2, 0.25) is 0 Å². The lowest BCUT2D eigenvalue weighted by Gasteiger charge is -2.06. The number of H-pyrrole nitrogens is 1. The van der Waals surface area contributed by atoms with Crippen LogP contribution in [0.4, 0.5) is 0 Å². The monoisotopic (exact) mass is 271 g/mol. The molecule has 106 valence electrons. The zero-order valence-electron chi connectivity index (χ0n) is 12.1. The number of hydrogen-bond acceptors (Lipinski definition) is 2. The molecule has 0 saturated carbocycles. The molecule has 0 spiro atoms. The first-order chi connectivity index (χ1) is 9.66. The highest BCUT2D eigenvalue weighted by Gasteiger charge is 2.07. The molecule has 0 radical (unpaired) electrons. The summed E-state index contributed by atoms with van der Waals surface area (Å²) in [5, 5.41) is 10.1. The molecule has 0 saturated heterocycles. The van der Waals surface area contributed by atoms with Crippen molar-refractivity contribution in [1.82, 2.24) is 15.5 Å². The number of nitrogens with zero attached hydrogens (tertiary/aromatic N) is 1. The minimum atomic E-state index is 0.104. The topological polar surface area (TPSA) is 57.8 Å². The van der Waals surface area contributed by atoms with E-state index in [1.807, 2.05) is 44.2 Å². The van der Waals surface area contributed by atoms with E-state index in [1.54, 1.807) is 0 Å². The molecule has 1 heterocycles. The molecule has 1 amide bonds. The van der Waals surface area contributed by atoms with E-state index in [4.69, 9.17) is 0 Å². The highest BCUT2D eigenvalue weighted by molar-refractivity contribution is 5.76. The van der Waals surface area contributed by atoms with Crippen molar-refractivity contribution in [3.05, 3.63) is 52.8 Å². The van der Waals surface area contributed by atoms with Gasteiger partial charge in [-0.1, -0.05) is 30.3 Å². The van der Waals surface area contributed by atoms with Crippen LogP contribution in [-0.2, 0) is 17.6 Å². The van der Waals surface area contributed by atoms with Gasteiger partial charge in [0.25, 0.3) is 0 Å². The van der Waals surface area contributed by atoms with Crippen molar-refractivity contribution in [2.45, 2.75) is 33.1 Å². The van der Waals surface area contributed by atoms with E-state index in [1.165, 1.54) is 11.1 Å². The van der Waals surface area contributed by atoms with E-state index in [2.05, 4.69) is 15.5 Å². The molecule has 1 aromatic heterocycles. The summed E-state index contributed by atoms with van der Waals surface area (Å²) in [5.41, 5.74) is 4.50. The van der Waals surface area contributed by atoms with E-state index in [9.17, 15) is 4.79 Å². The van der Waals surface area contributed by atoms with Crippen molar-refractivity contribution in [1.29, 1.82) is 0 Å². The fourth-order valence-corrected chi connectivity index (χ4v) is 2.26. The Morgan fingerprint density at radius 2 is 1.95 bits per heavy atom. The molecule has 0 aliphatic heterocycles. The smallest absolute Gasteiger partial charge is 0.220 e. The van der Waals surface area contributed by atoms with Crippen molar-refractivity contribution in [3.63, 3.8) is 0 Å². The lowest BCUT2D eigenvalue weighted by atomic mass is 10.1. The molecule has 0 aliphatic carbocycles. The SMILES string of the molecule is Cc1n[nH]c(C)c1CCNC(=O)CCc1ccccc1. The number of rotatable bonds is 6. The van der Waals surface area contributed by atoms with Crippen molar-refractivity contribution in [2.75, 3.05) is 6.54 Å². The van der Waals surface area contributed by atoms with E-state index in [-0.39, 0.29) is 5.91 Å². The first kappa shape index (κ1) is 14.3. The first-order valence-electron chi connectivity index (χ1n) is 6.98. The summed E-state index contributed by atoms with van der Waals surface area (Å²) in [6.45, 7) is 4.65. The standard InChI is InChI=1S/C16H21N3O/c1-12-15(13(2)19-18-12)10-11-17-16(20)9-8-14-6-4-3-5-7-14/h3-7H,8-11H2,1-2H3,(H,17,20)(H,18,19). The minimum absolute atomic E-state index is 0.104. The average molecular weight is 271 g/mol. The van der Waals surface area contributed by atoms with Gasteiger partial charge in [0, 0.05) is 18.7 Å².